The molecule has 0 N–H and O–H groups in total. The summed E-state index contributed by atoms with van der Waals surface area (Å²) >= 11 is 5.12. The molecule has 2 aromatic heterocycles. The number of fused-ring (bicyclic) bond motifs is 1. The zero-order valence-corrected chi connectivity index (χ0v) is 7.45. The lowest BCUT2D eigenvalue weighted by atomic mass is 10.3. The highest BCUT2D eigenvalue weighted by Gasteiger charge is 1.95. The van der Waals surface area contributed by atoms with E-state index in [4.69, 9.17) is 0 Å². The molecule has 0 aromatic carbocycles. The van der Waals surface area contributed by atoms with E-state index in [-0.39, 0.29) is 0 Å². The maximum Gasteiger partial charge on any atom is 0.0711 e. The SMILES string of the molecule is Brc1cc2ccncc2s1. The Morgan fingerprint density at radius 2 is 2.40 bits per heavy atom. The molecule has 0 saturated heterocycles. The molecule has 0 fully saturated rings. The van der Waals surface area contributed by atoms with Crippen molar-refractivity contribution in [2.45, 2.75) is 0 Å². The molecule has 3 heteroatoms. The van der Waals surface area contributed by atoms with Gasteiger partial charge >= 0.3 is 0 Å². The molecular formula is C7H4BrNS. The Hall–Kier alpha value is -0.410. The summed E-state index contributed by atoms with van der Waals surface area (Å²) in [6.07, 6.45) is 3.69. The highest BCUT2D eigenvalue weighted by atomic mass is 79.9. The van der Waals surface area contributed by atoms with Gasteiger partial charge in [-0.15, -0.1) is 11.3 Å². The summed E-state index contributed by atoms with van der Waals surface area (Å²) in [6, 6.07) is 4.11. The van der Waals surface area contributed by atoms with E-state index >= 15 is 0 Å². The van der Waals surface area contributed by atoms with Crippen molar-refractivity contribution in [2.24, 2.45) is 0 Å². The number of aromatic nitrogens is 1. The van der Waals surface area contributed by atoms with E-state index in [0.29, 0.717) is 0 Å². The van der Waals surface area contributed by atoms with Crippen molar-refractivity contribution in [3.05, 3.63) is 28.3 Å². The van der Waals surface area contributed by atoms with E-state index in [1.807, 2.05) is 18.5 Å². The second-order valence-electron chi connectivity index (χ2n) is 1.96. The van der Waals surface area contributed by atoms with E-state index in [1.165, 1.54) is 10.1 Å². The van der Waals surface area contributed by atoms with Gasteiger partial charge in [0.25, 0.3) is 0 Å². The fourth-order valence-electron chi connectivity index (χ4n) is 0.852. The fraction of sp³-hybridized carbons (Fsp3) is 0. The normalized spacial score (nSPS) is 10.5. The van der Waals surface area contributed by atoms with E-state index < -0.39 is 0 Å². The van der Waals surface area contributed by atoms with Gasteiger partial charge in [0, 0.05) is 12.4 Å². The van der Waals surface area contributed by atoms with Gasteiger partial charge in [0.15, 0.2) is 0 Å². The van der Waals surface area contributed by atoms with Gasteiger partial charge in [-0.25, -0.2) is 0 Å². The second kappa shape index (κ2) is 2.32. The van der Waals surface area contributed by atoms with Gasteiger partial charge < -0.3 is 0 Å². The molecule has 0 unspecified atom stereocenters. The first-order chi connectivity index (χ1) is 4.86. The Labute approximate surface area is 70.8 Å². The van der Waals surface area contributed by atoms with Gasteiger partial charge in [0.05, 0.1) is 8.49 Å². The molecule has 1 nitrogen and oxygen atoms in total. The van der Waals surface area contributed by atoms with Crippen LogP contribution in [0.1, 0.15) is 0 Å². The Morgan fingerprint density at radius 3 is 3.20 bits per heavy atom. The topological polar surface area (TPSA) is 12.9 Å². The summed E-state index contributed by atoms with van der Waals surface area (Å²) in [4.78, 5) is 4.02. The third-order valence-corrected chi connectivity index (χ3v) is 2.88. The summed E-state index contributed by atoms with van der Waals surface area (Å²) in [7, 11) is 0. The van der Waals surface area contributed by atoms with Gasteiger partial charge in [-0.3, -0.25) is 4.98 Å². The van der Waals surface area contributed by atoms with Crippen LogP contribution in [0.5, 0.6) is 0 Å². The molecular weight excluding hydrogens is 210 g/mol. The zero-order chi connectivity index (χ0) is 6.97. The molecule has 0 amide bonds. The molecule has 0 radical (unpaired) electrons. The average molecular weight is 214 g/mol. The maximum atomic E-state index is 4.02. The predicted octanol–water partition coefficient (Wildman–Crippen LogP) is 3.06. The molecule has 0 spiro atoms. The van der Waals surface area contributed by atoms with Crippen molar-refractivity contribution in [3.63, 3.8) is 0 Å². The number of hydrogen-bond donors (Lipinski definition) is 0. The molecule has 50 valence electrons. The summed E-state index contributed by atoms with van der Waals surface area (Å²) < 4.78 is 2.39. The first kappa shape index (κ1) is 6.31. The maximum absolute atomic E-state index is 4.02. The highest BCUT2D eigenvalue weighted by molar-refractivity contribution is 9.11. The van der Waals surface area contributed by atoms with Crippen molar-refractivity contribution >= 4 is 37.4 Å². The smallest absolute Gasteiger partial charge is 0.0711 e. The lowest BCUT2D eigenvalue weighted by molar-refractivity contribution is 1.37. The predicted molar refractivity (Wildman–Crippen MR) is 47.3 cm³/mol. The van der Waals surface area contributed by atoms with E-state index in [9.17, 15) is 0 Å². The highest BCUT2D eigenvalue weighted by Crippen LogP contribution is 2.28. The number of halogens is 1. The standard InChI is InChI=1S/C7H4BrNS/c8-7-3-5-1-2-9-4-6(5)10-7/h1-4H. The summed E-state index contributed by atoms with van der Waals surface area (Å²) in [5.41, 5.74) is 0. The minimum Gasteiger partial charge on any atom is -0.263 e. The van der Waals surface area contributed by atoms with Crippen molar-refractivity contribution < 1.29 is 0 Å². The molecule has 0 aliphatic rings. The Bertz CT molecular complexity index is 322. The molecule has 2 heterocycles. The van der Waals surface area contributed by atoms with Crippen LogP contribution in [0.2, 0.25) is 0 Å². The Balaban J connectivity index is 2.88. The Morgan fingerprint density at radius 1 is 1.50 bits per heavy atom. The molecule has 0 atom stereocenters. The van der Waals surface area contributed by atoms with E-state index in [0.717, 1.165) is 3.79 Å². The first-order valence-corrected chi connectivity index (χ1v) is 4.46. The molecule has 10 heavy (non-hydrogen) atoms. The van der Waals surface area contributed by atoms with Crippen molar-refractivity contribution in [1.29, 1.82) is 0 Å². The molecule has 2 aromatic rings. The average Bonchev–Trinajstić information content (AvgIpc) is 2.27. The third kappa shape index (κ3) is 0.954. The summed E-state index contributed by atoms with van der Waals surface area (Å²) in [6.45, 7) is 0. The fourth-order valence-corrected chi connectivity index (χ4v) is 2.38. The number of thiophene rings is 1. The van der Waals surface area contributed by atoms with Crippen LogP contribution in [0.15, 0.2) is 28.3 Å². The summed E-state index contributed by atoms with van der Waals surface area (Å²) in [5.74, 6) is 0. The molecule has 0 saturated carbocycles. The molecule has 0 aliphatic carbocycles. The zero-order valence-electron chi connectivity index (χ0n) is 5.04. The van der Waals surface area contributed by atoms with Gasteiger partial charge in [-0.1, -0.05) is 0 Å². The molecule has 2 rings (SSSR count). The molecule has 0 bridgehead atoms. The van der Waals surface area contributed by atoms with Crippen molar-refractivity contribution in [3.8, 4) is 0 Å². The monoisotopic (exact) mass is 213 g/mol. The van der Waals surface area contributed by atoms with E-state index in [2.05, 4.69) is 27.0 Å². The van der Waals surface area contributed by atoms with E-state index in [1.54, 1.807) is 11.3 Å². The minimum atomic E-state index is 1.16. The van der Waals surface area contributed by atoms with Crippen LogP contribution in [-0.2, 0) is 0 Å². The van der Waals surface area contributed by atoms with Gasteiger partial charge in [0.2, 0.25) is 0 Å². The minimum absolute atomic E-state index is 1.16. The number of nitrogens with zero attached hydrogens (tertiary/aromatic N) is 1. The van der Waals surface area contributed by atoms with Crippen LogP contribution in [0, 0.1) is 0 Å². The van der Waals surface area contributed by atoms with Crippen molar-refractivity contribution in [1.82, 2.24) is 4.98 Å². The van der Waals surface area contributed by atoms with Crippen LogP contribution in [0.3, 0.4) is 0 Å². The van der Waals surface area contributed by atoms with Crippen molar-refractivity contribution in [2.75, 3.05) is 0 Å². The van der Waals surface area contributed by atoms with Gasteiger partial charge in [0.1, 0.15) is 0 Å². The lowest BCUT2D eigenvalue weighted by Crippen LogP contribution is -1.64. The number of rotatable bonds is 0. The third-order valence-electron chi connectivity index (χ3n) is 1.29. The Kier molecular flexibility index (Phi) is 1.47. The van der Waals surface area contributed by atoms with Crippen LogP contribution in [-0.4, -0.2) is 4.98 Å². The summed E-state index contributed by atoms with van der Waals surface area (Å²) in [5, 5.41) is 1.26. The largest absolute Gasteiger partial charge is 0.263 e. The molecule has 0 aliphatic heterocycles. The quantitative estimate of drug-likeness (QED) is 0.656. The van der Waals surface area contributed by atoms with Crippen LogP contribution >= 0.6 is 27.3 Å². The van der Waals surface area contributed by atoms with Gasteiger partial charge in [-0.2, -0.15) is 0 Å². The first-order valence-electron chi connectivity index (χ1n) is 2.85. The van der Waals surface area contributed by atoms with Crippen LogP contribution in [0.4, 0.5) is 0 Å². The van der Waals surface area contributed by atoms with Crippen LogP contribution in [0.25, 0.3) is 10.1 Å². The number of pyridine rings is 1. The van der Waals surface area contributed by atoms with Gasteiger partial charge in [-0.05, 0) is 33.4 Å². The van der Waals surface area contributed by atoms with Crippen LogP contribution < -0.4 is 0 Å². The second-order valence-corrected chi connectivity index (χ2v) is 4.43. The number of hydrogen-bond acceptors (Lipinski definition) is 2. The lowest BCUT2D eigenvalue weighted by Gasteiger charge is -1.81.